The summed E-state index contributed by atoms with van der Waals surface area (Å²) in [5.74, 6) is 0.540. The number of carbonyl (C=O) groups excluding carboxylic acids is 1. The first kappa shape index (κ1) is 21.7. The maximum Gasteiger partial charge on any atom is 0.310 e. The van der Waals surface area contributed by atoms with Gasteiger partial charge in [0.25, 0.3) is 0 Å². The summed E-state index contributed by atoms with van der Waals surface area (Å²) in [5.41, 5.74) is 2.13. The predicted octanol–water partition coefficient (Wildman–Crippen LogP) is 3.93. The van der Waals surface area contributed by atoms with Gasteiger partial charge in [-0.2, -0.15) is 0 Å². The van der Waals surface area contributed by atoms with Crippen LogP contribution in [0.15, 0.2) is 21.1 Å². The Morgan fingerprint density at radius 2 is 1.72 bits per heavy atom. The van der Waals surface area contributed by atoms with Crippen LogP contribution in [0, 0.1) is 11.8 Å². The third-order valence-electron chi connectivity index (χ3n) is 6.35. The summed E-state index contributed by atoms with van der Waals surface area (Å²) in [6.07, 6.45) is -0.914. The standard InChI is InChI=1S/C22H20Br2O8/c1-27-11-5-9(16(23)21(29-3)20(11)28-2)13-8-4-12-19(32-7-31-12)17(24)15(8)18(25)10-6-30-22(26)14(10)13/h4-5,10,13-14,18,25H,6-7H2,1-3H3/t10-,13-,14-,18+/m0/s1. The molecule has 2 aliphatic heterocycles. The second-order valence-corrected chi connectivity index (χ2v) is 9.30. The monoisotopic (exact) mass is 570 g/mol. The van der Waals surface area contributed by atoms with E-state index < -0.39 is 23.9 Å². The predicted molar refractivity (Wildman–Crippen MR) is 119 cm³/mol. The van der Waals surface area contributed by atoms with Crippen molar-refractivity contribution in [3.63, 3.8) is 0 Å². The fourth-order valence-corrected chi connectivity index (χ4v) is 6.43. The minimum atomic E-state index is -0.914. The molecule has 0 amide bonds. The molecule has 3 aliphatic rings. The molecule has 1 fully saturated rings. The van der Waals surface area contributed by atoms with Crippen molar-refractivity contribution >= 4 is 37.8 Å². The Labute approximate surface area is 200 Å². The van der Waals surface area contributed by atoms with Crippen molar-refractivity contribution in [1.82, 2.24) is 0 Å². The summed E-state index contributed by atoms with van der Waals surface area (Å²) in [7, 11) is 4.60. The molecular weight excluding hydrogens is 552 g/mol. The lowest BCUT2D eigenvalue weighted by Gasteiger charge is -2.38. The van der Waals surface area contributed by atoms with E-state index >= 15 is 0 Å². The van der Waals surface area contributed by atoms with E-state index in [-0.39, 0.29) is 19.4 Å². The number of hydrogen-bond acceptors (Lipinski definition) is 8. The van der Waals surface area contributed by atoms with Gasteiger partial charge in [-0.25, -0.2) is 0 Å². The number of aliphatic hydroxyl groups excluding tert-OH is 1. The van der Waals surface area contributed by atoms with Gasteiger partial charge in [-0.3, -0.25) is 4.79 Å². The van der Waals surface area contributed by atoms with Crippen molar-refractivity contribution in [2.45, 2.75) is 12.0 Å². The van der Waals surface area contributed by atoms with Crippen molar-refractivity contribution in [3.8, 4) is 28.7 Å². The third-order valence-corrected chi connectivity index (χ3v) is 7.96. The van der Waals surface area contributed by atoms with E-state index in [1.165, 1.54) is 21.3 Å². The topological polar surface area (TPSA) is 92.7 Å². The van der Waals surface area contributed by atoms with Crippen molar-refractivity contribution in [2.24, 2.45) is 11.8 Å². The van der Waals surface area contributed by atoms with Crippen LogP contribution < -0.4 is 23.7 Å². The highest BCUT2D eigenvalue weighted by molar-refractivity contribution is 9.11. The fraction of sp³-hybridized carbons (Fsp3) is 0.409. The van der Waals surface area contributed by atoms with Gasteiger partial charge in [-0.05, 0) is 55.1 Å². The van der Waals surface area contributed by atoms with E-state index in [0.717, 1.165) is 11.1 Å². The molecule has 32 heavy (non-hydrogen) atoms. The maximum atomic E-state index is 12.9. The zero-order valence-corrected chi connectivity index (χ0v) is 20.6. The molecule has 0 bridgehead atoms. The molecule has 8 nitrogen and oxygen atoms in total. The number of fused-ring (bicyclic) bond motifs is 3. The zero-order valence-electron chi connectivity index (χ0n) is 17.4. The molecule has 2 aromatic carbocycles. The molecule has 1 N–H and O–H groups in total. The van der Waals surface area contributed by atoms with Crippen LogP contribution in [0.4, 0.5) is 0 Å². The van der Waals surface area contributed by atoms with Crippen LogP contribution in [-0.2, 0) is 9.53 Å². The highest BCUT2D eigenvalue weighted by Crippen LogP contribution is 2.59. The number of ether oxygens (including phenoxy) is 6. The number of halogens is 2. The average molecular weight is 572 g/mol. The van der Waals surface area contributed by atoms with E-state index in [2.05, 4.69) is 31.9 Å². The van der Waals surface area contributed by atoms with Crippen LogP contribution in [0.1, 0.15) is 28.7 Å². The highest BCUT2D eigenvalue weighted by Gasteiger charge is 2.53. The molecule has 0 saturated carbocycles. The Kier molecular flexibility index (Phi) is 5.42. The van der Waals surface area contributed by atoms with Gasteiger partial charge in [0.15, 0.2) is 23.0 Å². The smallest absolute Gasteiger partial charge is 0.310 e. The van der Waals surface area contributed by atoms with Gasteiger partial charge in [0, 0.05) is 17.4 Å². The first-order valence-electron chi connectivity index (χ1n) is 9.87. The number of rotatable bonds is 4. The van der Waals surface area contributed by atoms with Crippen LogP contribution in [0.5, 0.6) is 28.7 Å². The highest BCUT2D eigenvalue weighted by atomic mass is 79.9. The van der Waals surface area contributed by atoms with Gasteiger partial charge in [0.05, 0.1) is 48.9 Å². The molecule has 0 unspecified atom stereocenters. The van der Waals surface area contributed by atoms with Gasteiger partial charge in [-0.1, -0.05) is 0 Å². The van der Waals surface area contributed by atoms with E-state index in [4.69, 9.17) is 28.4 Å². The molecule has 0 aromatic heterocycles. The Morgan fingerprint density at radius 1 is 0.969 bits per heavy atom. The Morgan fingerprint density at radius 3 is 2.41 bits per heavy atom. The normalized spacial score (nSPS) is 25.1. The third kappa shape index (κ3) is 2.92. The number of carbonyl (C=O) groups is 1. The number of hydrogen-bond donors (Lipinski definition) is 1. The second kappa shape index (κ2) is 8.00. The lowest BCUT2D eigenvalue weighted by molar-refractivity contribution is -0.141. The van der Waals surface area contributed by atoms with Crippen molar-refractivity contribution in [3.05, 3.63) is 37.8 Å². The number of esters is 1. The quantitative estimate of drug-likeness (QED) is 0.552. The molecule has 4 atom stereocenters. The average Bonchev–Trinajstić information content (AvgIpc) is 3.41. The van der Waals surface area contributed by atoms with Crippen molar-refractivity contribution in [1.29, 1.82) is 0 Å². The molecule has 0 radical (unpaired) electrons. The molecule has 5 rings (SSSR count). The van der Waals surface area contributed by atoms with Crippen LogP contribution in [0.25, 0.3) is 0 Å². The van der Waals surface area contributed by atoms with Gasteiger partial charge in [0.1, 0.15) is 0 Å². The molecule has 2 heterocycles. The largest absolute Gasteiger partial charge is 0.493 e. The molecule has 2 aromatic rings. The summed E-state index contributed by atoms with van der Waals surface area (Å²) in [5, 5.41) is 11.2. The van der Waals surface area contributed by atoms with Gasteiger partial charge >= 0.3 is 5.97 Å². The zero-order chi connectivity index (χ0) is 22.7. The van der Waals surface area contributed by atoms with Crippen molar-refractivity contribution in [2.75, 3.05) is 34.7 Å². The Hall–Kier alpha value is -2.17. The second-order valence-electron chi connectivity index (χ2n) is 7.72. The van der Waals surface area contributed by atoms with Crippen LogP contribution in [-0.4, -0.2) is 45.8 Å². The van der Waals surface area contributed by atoms with Gasteiger partial charge in [-0.15, -0.1) is 0 Å². The van der Waals surface area contributed by atoms with E-state index in [9.17, 15) is 9.90 Å². The number of methoxy groups -OCH3 is 3. The number of aliphatic hydroxyl groups is 1. The minimum Gasteiger partial charge on any atom is -0.493 e. The van der Waals surface area contributed by atoms with E-state index in [1.54, 1.807) is 0 Å². The summed E-state index contributed by atoms with van der Waals surface area (Å²) >= 11 is 7.25. The summed E-state index contributed by atoms with van der Waals surface area (Å²) in [6, 6.07) is 3.65. The van der Waals surface area contributed by atoms with Crippen LogP contribution in [0.3, 0.4) is 0 Å². The lowest BCUT2D eigenvalue weighted by Crippen LogP contribution is -2.35. The summed E-state index contributed by atoms with van der Waals surface area (Å²) < 4.78 is 34.6. The first-order chi connectivity index (χ1) is 15.4. The summed E-state index contributed by atoms with van der Waals surface area (Å²) in [4.78, 5) is 12.9. The molecule has 10 heteroatoms. The van der Waals surface area contributed by atoms with Gasteiger partial charge in [0.2, 0.25) is 12.5 Å². The number of cyclic esters (lactones) is 1. The Bertz CT molecular complexity index is 1120. The van der Waals surface area contributed by atoms with E-state index in [0.29, 0.717) is 43.3 Å². The summed E-state index contributed by atoms with van der Waals surface area (Å²) in [6.45, 7) is 0.212. The van der Waals surface area contributed by atoms with Crippen LogP contribution in [0.2, 0.25) is 0 Å². The minimum absolute atomic E-state index is 0.0837. The fourth-order valence-electron chi connectivity index (χ4n) is 4.95. The molecule has 1 aliphatic carbocycles. The SMILES string of the molecule is COc1cc([C@@H]2c3cc4c(c(Br)c3[C@H](O)[C@H]3COC(=O)[C@H]23)OCO4)c(Br)c(OC)c1OC. The molecule has 0 spiro atoms. The lowest BCUT2D eigenvalue weighted by atomic mass is 9.66. The van der Waals surface area contributed by atoms with Gasteiger partial charge < -0.3 is 33.5 Å². The number of benzene rings is 2. The van der Waals surface area contributed by atoms with Crippen LogP contribution >= 0.6 is 31.9 Å². The molecule has 1 saturated heterocycles. The first-order valence-corrected chi connectivity index (χ1v) is 11.5. The van der Waals surface area contributed by atoms with Crippen molar-refractivity contribution < 1.29 is 38.3 Å². The molecular formula is C22H20Br2O8. The van der Waals surface area contributed by atoms with E-state index in [1.807, 2.05) is 12.1 Å². The molecule has 170 valence electrons. The Balaban J connectivity index is 1.82. The maximum absolute atomic E-state index is 12.9.